The lowest BCUT2D eigenvalue weighted by Crippen LogP contribution is -2.38. The highest BCUT2D eigenvalue weighted by Crippen LogP contribution is 2.26. The lowest BCUT2D eigenvalue weighted by atomic mass is 10.3. The number of aromatic nitrogens is 2. The highest BCUT2D eigenvalue weighted by molar-refractivity contribution is 8.00. The zero-order valence-corrected chi connectivity index (χ0v) is 18.1. The molecule has 0 radical (unpaired) electrons. The maximum absolute atomic E-state index is 13.2. The summed E-state index contributed by atoms with van der Waals surface area (Å²) in [6.07, 6.45) is 1.85. The highest BCUT2D eigenvalue weighted by Gasteiger charge is 2.27. The van der Waals surface area contributed by atoms with Crippen LogP contribution in [0.15, 0.2) is 63.8 Å². The van der Waals surface area contributed by atoms with E-state index in [2.05, 4.69) is 15.5 Å². The van der Waals surface area contributed by atoms with E-state index in [1.54, 1.807) is 42.5 Å². The molecule has 0 saturated carbocycles. The number of hydrogen-bond acceptors (Lipinski definition) is 8. The van der Waals surface area contributed by atoms with Gasteiger partial charge in [-0.25, -0.2) is 8.42 Å². The molecule has 1 aromatic heterocycles. The van der Waals surface area contributed by atoms with Gasteiger partial charge in [0.25, 0.3) is 10.0 Å². The number of hydrogen-bond donors (Lipinski definition) is 1. The fourth-order valence-electron chi connectivity index (χ4n) is 2.42. The van der Waals surface area contributed by atoms with Crippen LogP contribution in [-0.4, -0.2) is 44.4 Å². The van der Waals surface area contributed by atoms with Crippen LogP contribution in [0.1, 0.15) is 0 Å². The van der Waals surface area contributed by atoms with Gasteiger partial charge in [0.15, 0.2) is 4.34 Å². The van der Waals surface area contributed by atoms with Gasteiger partial charge in [-0.3, -0.25) is 14.4 Å². The second kappa shape index (κ2) is 9.25. The first kappa shape index (κ1) is 21.1. The van der Waals surface area contributed by atoms with E-state index in [1.165, 1.54) is 42.3 Å². The van der Waals surface area contributed by atoms with Crippen molar-refractivity contribution in [2.75, 3.05) is 29.5 Å². The molecule has 0 saturated heterocycles. The molecule has 29 heavy (non-hydrogen) atoms. The topological polar surface area (TPSA) is 101 Å². The van der Waals surface area contributed by atoms with Crippen LogP contribution in [-0.2, 0) is 14.8 Å². The molecular weight excluding hydrogens is 432 g/mol. The molecule has 0 aliphatic carbocycles. The third kappa shape index (κ3) is 5.05. The van der Waals surface area contributed by atoms with Gasteiger partial charge in [0.05, 0.1) is 17.7 Å². The fourth-order valence-corrected chi connectivity index (χ4v) is 5.02. The largest absolute Gasteiger partial charge is 0.497 e. The summed E-state index contributed by atoms with van der Waals surface area (Å²) in [6.45, 7) is -0.410. The summed E-state index contributed by atoms with van der Waals surface area (Å²) in [5.74, 6) is 0.0172. The Kier molecular flexibility index (Phi) is 6.72. The number of methoxy groups -OCH3 is 1. The summed E-state index contributed by atoms with van der Waals surface area (Å²) < 4.78 is 33.3. The molecule has 2 aromatic carbocycles. The van der Waals surface area contributed by atoms with Crippen molar-refractivity contribution in [1.29, 1.82) is 0 Å². The summed E-state index contributed by atoms with van der Waals surface area (Å²) in [6, 6.07) is 14.4. The van der Waals surface area contributed by atoms with Crippen molar-refractivity contribution in [3.63, 3.8) is 0 Å². The number of para-hydroxylation sites is 1. The molecule has 1 heterocycles. The van der Waals surface area contributed by atoms with Gasteiger partial charge in [-0.15, -0.1) is 10.2 Å². The first-order chi connectivity index (χ1) is 13.9. The highest BCUT2D eigenvalue weighted by atomic mass is 32.2. The van der Waals surface area contributed by atoms with E-state index in [-0.39, 0.29) is 4.90 Å². The van der Waals surface area contributed by atoms with Crippen LogP contribution in [0.5, 0.6) is 5.75 Å². The third-order valence-electron chi connectivity index (χ3n) is 3.81. The summed E-state index contributed by atoms with van der Waals surface area (Å²) in [5.41, 5.74) is 0.375. The lowest BCUT2D eigenvalue weighted by molar-refractivity contribution is -0.114. The van der Waals surface area contributed by atoms with Crippen molar-refractivity contribution in [1.82, 2.24) is 10.2 Å². The number of nitrogens with one attached hydrogen (secondary N) is 1. The van der Waals surface area contributed by atoms with Crippen molar-refractivity contribution in [3.8, 4) is 5.75 Å². The van der Waals surface area contributed by atoms with Gasteiger partial charge in [0.1, 0.15) is 12.3 Å². The number of ether oxygens (including phenoxy) is 1. The van der Waals surface area contributed by atoms with Gasteiger partial charge in [-0.2, -0.15) is 0 Å². The number of thioether (sulfide) groups is 1. The first-order valence-electron chi connectivity index (χ1n) is 8.33. The number of benzene rings is 2. The molecular formula is C18H18N4O4S3. The van der Waals surface area contributed by atoms with E-state index in [0.717, 1.165) is 4.31 Å². The number of amides is 1. The van der Waals surface area contributed by atoms with Crippen molar-refractivity contribution < 1.29 is 17.9 Å². The Morgan fingerprint density at radius 3 is 2.41 bits per heavy atom. The Balaban J connectivity index is 1.88. The molecule has 11 heteroatoms. The van der Waals surface area contributed by atoms with E-state index in [9.17, 15) is 13.2 Å². The second-order valence-electron chi connectivity index (χ2n) is 5.65. The number of nitrogens with zero attached hydrogens (tertiary/aromatic N) is 3. The van der Waals surface area contributed by atoms with Crippen LogP contribution >= 0.6 is 23.1 Å². The van der Waals surface area contributed by atoms with Crippen molar-refractivity contribution in [3.05, 3.63) is 54.6 Å². The Morgan fingerprint density at radius 1 is 1.14 bits per heavy atom. The van der Waals surface area contributed by atoms with Gasteiger partial charge < -0.3 is 4.74 Å². The Labute approximate surface area is 177 Å². The van der Waals surface area contributed by atoms with E-state index < -0.39 is 22.5 Å². The number of rotatable bonds is 8. The Morgan fingerprint density at radius 2 is 1.83 bits per heavy atom. The molecule has 152 valence electrons. The van der Waals surface area contributed by atoms with Gasteiger partial charge >= 0.3 is 0 Å². The Bertz CT molecular complexity index is 1070. The second-order valence-corrected chi connectivity index (χ2v) is 9.54. The monoisotopic (exact) mass is 450 g/mol. The standard InChI is InChI=1S/C18H18N4O4S3/c1-26-14-8-10-15(11-9-14)29(24,25)22(13-6-4-3-5-7-13)12-16(23)19-17-20-21-18(27-2)28-17/h3-11H,12H2,1-2H3,(H,19,20,23). The van der Waals surface area contributed by atoms with Crippen LogP contribution in [0, 0.1) is 0 Å². The summed E-state index contributed by atoms with van der Waals surface area (Å²) >= 11 is 2.63. The molecule has 0 spiro atoms. The predicted octanol–water partition coefficient (Wildman–Crippen LogP) is 3.10. The molecule has 1 N–H and O–H groups in total. The average molecular weight is 451 g/mol. The van der Waals surface area contributed by atoms with Crippen molar-refractivity contribution in [2.24, 2.45) is 0 Å². The number of carbonyl (C=O) groups is 1. The molecule has 1 amide bonds. The van der Waals surface area contributed by atoms with Crippen LogP contribution in [0.3, 0.4) is 0 Å². The normalized spacial score (nSPS) is 11.1. The van der Waals surface area contributed by atoms with E-state index >= 15 is 0 Å². The fraction of sp³-hybridized carbons (Fsp3) is 0.167. The van der Waals surface area contributed by atoms with Gasteiger partial charge in [-0.1, -0.05) is 41.3 Å². The van der Waals surface area contributed by atoms with Crippen LogP contribution in [0.4, 0.5) is 10.8 Å². The molecule has 0 aliphatic rings. The summed E-state index contributed by atoms with van der Waals surface area (Å²) in [5, 5.41) is 10.7. The van der Waals surface area contributed by atoms with Crippen LogP contribution in [0.25, 0.3) is 0 Å². The third-order valence-corrected chi connectivity index (χ3v) is 7.41. The zero-order chi connectivity index (χ0) is 20.9. The smallest absolute Gasteiger partial charge is 0.264 e. The summed E-state index contributed by atoms with van der Waals surface area (Å²) in [4.78, 5) is 12.6. The number of anilines is 2. The molecule has 0 bridgehead atoms. The van der Waals surface area contributed by atoms with Crippen molar-refractivity contribution >= 4 is 49.8 Å². The molecule has 0 atom stereocenters. The molecule has 8 nitrogen and oxygen atoms in total. The molecule has 3 rings (SSSR count). The predicted molar refractivity (Wildman–Crippen MR) is 114 cm³/mol. The SMILES string of the molecule is COc1ccc(S(=O)(=O)N(CC(=O)Nc2nnc(SC)s2)c2ccccc2)cc1. The van der Waals surface area contributed by atoms with Gasteiger partial charge in [0, 0.05) is 0 Å². The first-order valence-corrected chi connectivity index (χ1v) is 11.8. The molecule has 0 unspecified atom stereocenters. The summed E-state index contributed by atoms with van der Waals surface area (Å²) in [7, 11) is -2.49. The molecule has 3 aromatic rings. The van der Waals surface area contributed by atoms with Gasteiger partial charge in [0.2, 0.25) is 11.0 Å². The maximum Gasteiger partial charge on any atom is 0.264 e. The van der Waals surface area contributed by atoms with Crippen LogP contribution < -0.4 is 14.4 Å². The quantitative estimate of drug-likeness (QED) is 0.416. The number of sulfonamides is 1. The minimum absolute atomic E-state index is 0.0514. The average Bonchev–Trinajstić information content (AvgIpc) is 3.20. The van der Waals surface area contributed by atoms with E-state index in [4.69, 9.17) is 4.74 Å². The minimum atomic E-state index is -3.99. The minimum Gasteiger partial charge on any atom is -0.497 e. The maximum atomic E-state index is 13.2. The Hall–Kier alpha value is -2.63. The lowest BCUT2D eigenvalue weighted by Gasteiger charge is -2.23. The molecule has 0 fully saturated rings. The zero-order valence-electron chi connectivity index (χ0n) is 15.6. The van der Waals surface area contributed by atoms with Crippen molar-refractivity contribution in [2.45, 2.75) is 9.24 Å². The van der Waals surface area contributed by atoms with E-state index in [0.29, 0.717) is 20.9 Å². The molecule has 0 aliphatic heterocycles. The van der Waals surface area contributed by atoms with Gasteiger partial charge in [-0.05, 0) is 42.7 Å². The van der Waals surface area contributed by atoms with E-state index in [1.807, 2.05) is 6.26 Å². The number of carbonyl (C=O) groups excluding carboxylic acids is 1. The van der Waals surface area contributed by atoms with Crippen LogP contribution in [0.2, 0.25) is 0 Å².